The first-order chi connectivity index (χ1) is 16.0. The van der Waals surface area contributed by atoms with E-state index in [1.165, 1.54) is 0 Å². The van der Waals surface area contributed by atoms with Crippen molar-refractivity contribution < 1.29 is 22.7 Å². The molecule has 7 nitrogen and oxygen atoms in total. The fourth-order valence-corrected chi connectivity index (χ4v) is 4.75. The van der Waals surface area contributed by atoms with Crippen molar-refractivity contribution in [2.75, 3.05) is 11.5 Å². The quantitative estimate of drug-likeness (QED) is 0.448. The molecule has 33 heavy (non-hydrogen) atoms. The van der Waals surface area contributed by atoms with Gasteiger partial charge in [0.1, 0.15) is 0 Å². The molecule has 0 saturated heterocycles. The van der Waals surface area contributed by atoms with Gasteiger partial charge in [0.2, 0.25) is 6.79 Å². The maximum absolute atomic E-state index is 13.0. The molecule has 0 radical (unpaired) electrons. The van der Waals surface area contributed by atoms with Crippen molar-refractivity contribution in [2.24, 2.45) is 0 Å². The highest BCUT2D eigenvalue weighted by Crippen LogP contribution is 2.32. The lowest BCUT2D eigenvalue weighted by atomic mass is 10.1. The van der Waals surface area contributed by atoms with Gasteiger partial charge in [-0.3, -0.25) is 9.52 Å². The van der Waals surface area contributed by atoms with Crippen LogP contribution in [0.25, 0.3) is 10.8 Å². The average molecular weight is 461 g/mol. The third kappa shape index (κ3) is 4.33. The van der Waals surface area contributed by atoms with Gasteiger partial charge in [0.25, 0.3) is 15.9 Å². The molecule has 1 heterocycles. The van der Waals surface area contributed by atoms with Gasteiger partial charge in [0, 0.05) is 6.54 Å². The number of amides is 1. The number of fused-ring (bicyclic) bond motifs is 2. The molecule has 8 heteroatoms. The number of benzene rings is 4. The molecule has 0 saturated carbocycles. The summed E-state index contributed by atoms with van der Waals surface area (Å²) in [7, 11) is -3.90. The van der Waals surface area contributed by atoms with Crippen molar-refractivity contribution in [3.63, 3.8) is 0 Å². The largest absolute Gasteiger partial charge is 0.454 e. The van der Waals surface area contributed by atoms with Crippen LogP contribution < -0.4 is 19.5 Å². The molecule has 1 aliphatic rings. The van der Waals surface area contributed by atoms with Crippen molar-refractivity contribution in [3.8, 4) is 11.5 Å². The average Bonchev–Trinajstić information content (AvgIpc) is 3.30. The highest BCUT2D eigenvalue weighted by molar-refractivity contribution is 7.92. The maximum atomic E-state index is 13.0. The molecular formula is C25H20N2O5S. The lowest BCUT2D eigenvalue weighted by Gasteiger charge is -2.13. The summed E-state index contributed by atoms with van der Waals surface area (Å²) in [6.07, 6.45) is 0. The van der Waals surface area contributed by atoms with E-state index in [2.05, 4.69) is 10.0 Å². The molecule has 0 unspecified atom stereocenters. The zero-order valence-corrected chi connectivity index (χ0v) is 18.3. The second-order valence-electron chi connectivity index (χ2n) is 7.53. The number of nitrogens with one attached hydrogen (secondary N) is 2. The van der Waals surface area contributed by atoms with E-state index in [-0.39, 0.29) is 29.5 Å². The second-order valence-corrected chi connectivity index (χ2v) is 9.21. The molecular weight excluding hydrogens is 440 g/mol. The Hall–Kier alpha value is -4.04. The molecule has 1 amide bonds. The molecule has 0 spiro atoms. The van der Waals surface area contributed by atoms with E-state index in [1.54, 1.807) is 54.6 Å². The van der Waals surface area contributed by atoms with Gasteiger partial charge in [0.05, 0.1) is 16.1 Å². The van der Waals surface area contributed by atoms with Crippen LogP contribution in [0.4, 0.5) is 5.69 Å². The molecule has 0 fully saturated rings. The Labute approximate surface area is 191 Å². The Morgan fingerprint density at radius 2 is 1.58 bits per heavy atom. The van der Waals surface area contributed by atoms with Crippen LogP contribution in [0, 0.1) is 0 Å². The first kappa shape index (κ1) is 20.8. The minimum atomic E-state index is -3.90. The summed E-state index contributed by atoms with van der Waals surface area (Å²) in [6.45, 7) is 0.428. The van der Waals surface area contributed by atoms with Gasteiger partial charge in [-0.2, -0.15) is 0 Å². The van der Waals surface area contributed by atoms with Crippen LogP contribution in [-0.4, -0.2) is 21.1 Å². The van der Waals surface area contributed by atoms with Gasteiger partial charge in [0.15, 0.2) is 11.5 Å². The molecule has 166 valence electrons. The predicted octanol–water partition coefficient (Wildman–Crippen LogP) is 4.30. The topological polar surface area (TPSA) is 93.7 Å². The third-order valence-corrected chi connectivity index (χ3v) is 6.70. The zero-order valence-electron chi connectivity index (χ0n) is 17.4. The van der Waals surface area contributed by atoms with Gasteiger partial charge >= 0.3 is 0 Å². The molecule has 1 aliphatic heterocycles. The Bertz CT molecular complexity index is 1470. The summed E-state index contributed by atoms with van der Waals surface area (Å²) in [6, 6.07) is 24.4. The van der Waals surface area contributed by atoms with E-state index in [1.807, 2.05) is 30.3 Å². The molecule has 4 aromatic carbocycles. The van der Waals surface area contributed by atoms with Crippen molar-refractivity contribution >= 4 is 32.4 Å². The van der Waals surface area contributed by atoms with Crippen molar-refractivity contribution in [1.29, 1.82) is 0 Å². The van der Waals surface area contributed by atoms with Crippen LogP contribution >= 0.6 is 0 Å². The zero-order chi connectivity index (χ0) is 22.8. The van der Waals surface area contributed by atoms with Crippen LogP contribution in [-0.2, 0) is 16.6 Å². The number of carbonyl (C=O) groups excluding carboxylic acids is 1. The summed E-state index contributed by atoms with van der Waals surface area (Å²) in [5, 5.41) is 4.59. The van der Waals surface area contributed by atoms with Crippen LogP contribution in [0.2, 0.25) is 0 Å². The van der Waals surface area contributed by atoms with E-state index in [9.17, 15) is 13.2 Å². The fourth-order valence-electron chi connectivity index (χ4n) is 3.64. The molecule has 0 aromatic heterocycles. The normalized spacial score (nSPS) is 12.5. The van der Waals surface area contributed by atoms with E-state index >= 15 is 0 Å². The molecule has 4 aromatic rings. The summed E-state index contributed by atoms with van der Waals surface area (Å²) in [4.78, 5) is 13.0. The number of anilines is 1. The molecule has 0 bridgehead atoms. The van der Waals surface area contributed by atoms with Crippen LogP contribution in [0.3, 0.4) is 0 Å². The third-order valence-electron chi connectivity index (χ3n) is 5.34. The smallest absolute Gasteiger partial charge is 0.261 e. The van der Waals surface area contributed by atoms with E-state index in [4.69, 9.17) is 9.47 Å². The molecule has 0 aliphatic carbocycles. The van der Waals surface area contributed by atoms with Gasteiger partial charge in [-0.25, -0.2) is 8.42 Å². The first-order valence-electron chi connectivity index (χ1n) is 10.3. The Morgan fingerprint density at radius 3 is 2.45 bits per heavy atom. The molecule has 0 atom stereocenters. The summed E-state index contributed by atoms with van der Waals surface area (Å²) in [5.41, 5.74) is 1.26. The van der Waals surface area contributed by atoms with Crippen molar-refractivity contribution in [3.05, 3.63) is 96.1 Å². The fraction of sp³-hybridized carbons (Fsp3) is 0.0800. The Morgan fingerprint density at radius 1 is 0.818 bits per heavy atom. The number of hydrogen-bond acceptors (Lipinski definition) is 5. The minimum Gasteiger partial charge on any atom is -0.454 e. The standard InChI is InChI=1S/C25H20N2O5S/c28-25(26-15-17-9-12-23-24(13-17)32-16-31-23)21-7-3-4-8-22(21)27-33(29,30)20-11-10-18-5-1-2-6-19(18)14-20/h1-14,27H,15-16H2,(H,26,28). The van der Waals surface area contributed by atoms with Gasteiger partial charge in [-0.05, 0) is 52.7 Å². The van der Waals surface area contributed by atoms with E-state index < -0.39 is 15.9 Å². The maximum Gasteiger partial charge on any atom is 0.261 e. The lowest BCUT2D eigenvalue weighted by molar-refractivity contribution is 0.0951. The van der Waals surface area contributed by atoms with Crippen LogP contribution in [0.15, 0.2) is 89.8 Å². The first-order valence-corrected chi connectivity index (χ1v) is 11.8. The van der Waals surface area contributed by atoms with Gasteiger partial charge < -0.3 is 14.8 Å². The van der Waals surface area contributed by atoms with Crippen molar-refractivity contribution in [2.45, 2.75) is 11.4 Å². The van der Waals surface area contributed by atoms with Crippen LogP contribution in [0.5, 0.6) is 11.5 Å². The predicted molar refractivity (Wildman–Crippen MR) is 125 cm³/mol. The van der Waals surface area contributed by atoms with E-state index in [0.29, 0.717) is 11.5 Å². The van der Waals surface area contributed by atoms with E-state index in [0.717, 1.165) is 16.3 Å². The SMILES string of the molecule is O=C(NCc1ccc2c(c1)OCO2)c1ccccc1NS(=O)(=O)c1ccc2ccccc2c1. The van der Waals surface area contributed by atoms with Gasteiger partial charge in [-0.15, -0.1) is 0 Å². The highest BCUT2D eigenvalue weighted by Gasteiger charge is 2.19. The van der Waals surface area contributed by atoms with Gasteiger partial charge in [-0.1, -0.05) is 48.5 Å². The lowest BCUT2D eigenvalue weighted by Crippen LogP contribution is -2.25. The molecule has 5 rings (SSSR count). The van der Waals surface area contributed by atoms with Crippen LogP contribution in [0.1, 0.15) is 15.9 Å². The number of carbonyl (C=O) groups is 1. The Kier molecular flexibility index (Phi) is 5.35. The number of hydrogen-bond donors (Lipinski definition) is 2. The summed E-state index contributed by atoms with van der Waals surface area (Å²) >= 11 is 0. The summed E-state index contributed by atoms with van der Waals surface area (Å²) in [5.74, 6) is 0.897. The number of para-hydroxylation sites is 1. The highest BCUT2D eigenvalue weighted by atomic mass is 32.2. The minimum absolute atomic E-state index is 0.122. The second kappa shape index (κ2) is 8.48. The number of sulfonamides is 1. The monoisotopic (exact) mass is 460 g/mol. The Balaban J connectivity index is 1.35. The molecule has 2 N–H and O–H groups in total. The number of ether oxygens (including phenoxy) is 2. The number of rotatable bonds is 6. The summed E-state index contributed by atoms with van der Waals surface area (Å²) < 4.78 is 39.3. The van der Waals surface area contributed by atoms with Crippen molar-refractivity contribution in [1.82, 2.24) is 5.32 Å².